The van der Waals surface area contributed by atoms with Crippen molar-refractivity contribution in [2.45, 2.75) is 39.5 Å². The molecule has 0 saturated heterocycles. The third kappa shape index (κ3) is 3.04. The summed E-state index contributed by atoms with van der Waals surface area (Å²) in [6, 6.07) is 8.92. The largest absolute Gasteiger partial charge is 0.381 e. The van der Waals surface area contributed by atoms with Crippen LogP contribution < -0.4 is 5.32 Å². The quantitative estimate of drug-likeness (QED) is 0.724. The number of hydrogen-bond acceptors (Lipinski definition) is 1. The van der Waals surface area contributed by atoms with Crippen molar-refractivity contribution in [3.8, 4) is 0 Å². The molecule has 0 saturated carbocycles. The van der Waals surface area contributed by atoms with Gasteiger partial charge in [0.2, 0.25) is 0 Å². The van der Waals surface area contributed by atoms with Gasteiger partial charge in [0, 0.05) is 12.2 Å². The maximum absolute atomic E-state index is 3.47. The molecule has 1 nitrogen and oxygen atoms in total. The molecule has 1 aromatic carbocycles. The Morgan fingerprint density at radius 3 is 2.28 bits per heavy atom. The van der Waals surface area contributed by atoms with Gasteiger partial charge in [-0.25, -0.2) is 0 Å². The highest BCUT2D eigenvalue weighted by atomic mass is 14.9. The molecule has 1 aromatic rings. The number of hydrogen-bond donors (Lipinski definition) is 1. The van der Waals surface area contributed by atoms with Crippen molar-refractivity contribution in [3.63, 3.8) is 0 Å². The van der Waals surface area contributed by atoms with Crippen molar-refractivity contribution in [1.82, 2.24) is 5.32 Å². The molecule has 0 bridgehead atoms. The van der Waals surface area contributed by atoms with Crippen LogP contribution in [0.1, 0.15) is 45.2 Å². The average molecular weight is 241 g/mol. The SMILES string of the molecule is CC1=CCNC(c2ccc(C(C)(C)C)cc2)=CC1. The number of benzene rings is 1. The second-order valence-corrected chi connectivity index (χ2v) is 6.08. The highest BCUT2D eigenvalue weighted by Crippen LogP contribution is 2.24. The van der Waals surface area contributed by atoms with E-state index >= 15 is 0 Å². The van der Waals surface area contributed by atoms with E-state index in [4.69, 9.17) is 0 Å². The second kappa shape index (κ2) is 5.01. The Kier molecular flexibility index (Phi) is 3.60. The molecule has 1 aliphatic heterocycles. The maximum atomic E-state index is 3.47. The van der Waals surface area contributed by atoms with Gasteiger partial charge in [-0.05, 0) is 29.9 Å². The van der Waals surface area contributed by atoms with Gasteiger partial charge in [-0.1, -0.05) is 62.8 Å². The summed E-state index contributed by atoms with van der Waals surface area (Å²) < 4.78 is 0. The topological polar surface area (TPSA) is 12.0 Å². The Morgan fingerprint density at radius 1 is 1.00 bits per heavy atom. The first kappa shape index (κ1) is 12.9. The van der Waals surface area contributed by atoms with Crippen molar-refractivity contribution in [1.29, 1.82) is 0 Å². The van der Waals surface area contributed by atoms with E-state index in [0.29, 0.717) is 0 Å². The highest BCUT2D eigenvalue weighted by Gasteiger charge is 2.13. The maximum Gasteiger partial charge on any atom is 0.0378 e. The van der Waals surface area contributed by atoms with E-state index in [-0.39, 0.29) is 5.41 Å². The van der Waals surface area contributed by atoms with Gasteiger partial charge in [0.1, 0.15) is 0 Å². The van der Waals surface area contributed by atoms with Gasteiger partial charge >= 0.3 is 0 Å². The Labute approximate surface area is 111 Å². The summed E-state index contributed by atoms with van der Waals surface area (Å²) in [4.78, 5) is 0. The van der Waals surface area contributed by atoms with Gasteiger partial charge in [0.05, 0.1) is 0 Å². The molecule has 0 aromatic heterocycles. The third-order valence-electron chi connectivity index (χ3n) is 3.43. The summed E-state index contributed by atoms with van der Waals surface area (Å²) >= 11 is 0. The first-order valence-corrected chi connectivity index (χ1v) is 6.67. The van der Waals surface area contributed by atoms with Crippen LogP contribution in [0.5, 0.6) is 0 Å². The fraction of sp³-hybridized carbons (Fsp3) is 0.412. The van der Waals surface area contributed by atoms with Crippen molar-refractivity contribution in [3.05, 3.63) is 53.1 Å². The van der Waals surface area contributed by atoms with Crippen LogP contribution in [0.4, 0.5) is 0 Å². The molecule has 1 N–H and O–H groups in total. The van der Waals surface area contributed by atoms with Crippen LogP contribution in [0.2, 0.25) is 0 Å². The summed E-state index contributed by atoms with van der Waals surface area (Å²) in [5.41, 5.74) is 5.58. The molecule has 96 valence electrons. The highest BCUT2D eigenvalue weighted by molar-refractivity contribution is 5.65. The van der Waals surface area contributed by atoms with Gasteiger partial charge < -0.3 is 5.32 Å². The minimum atomic E-state index is 0.224. The van der Waals surface area contributed by atoms with Crippen molar-refractivity contribution in [2.24, 2.45) is 0 Å². The molecule has 0 spiro atoms. The number of rotatable bonds is 1. The lowest BCUT2D eigenvalue weighted by Crippen LogP contribution is -2.13. The summed E-state index contributed by atoms with van der Waals surface area (Å²) in [5, 5.41) is 3.47. The van der Waals surface area contributed by atoms with E-state index in [0.717, 1.165) is 13.0 Å². The minimum Gasteiger partial charge on any atom is -0.381 e. The first-order chi connectivity index (χ1) is 8.47. The number of allylic oxidation sites excluding steroid dienone is 2. The van der Waals surface area contributed by atoms with Gasteiger partial charge in [-0.2, -0.15) is 0 Å². The molecule has 0 amide bonds. The normalized spacial score (nSPS) is 16.4. The summed E-state index contributed by atoms with van der Waals surface area (Å²) in [6.07, 6.45) is 5.58. The molecular formula is C17H23N. The zero-order valence-electron chi connectivity index (χ0n) is 11.9. The van der Waals surface area contributed by atoms with E-state index < -0.39 is 0 Å². The Balaban J connectivity index is 2.20. The first-order valence-electron chi connectivity index (χ1n) is 6.67. The molecular weight excluding hydrogens is 218 g/mol. The van der Waals surface area contributed by atoms with Crippen LogP contribution >= 0.6 is 0 Å². The van der Waals surface area contributed by atoms with Gasteiger partial charge in [-0.3, -0.25) is 0 Å². The standard InChI is InChI=1S/C17H23N/c1-13-5-10-16(18-12-11-13)14-6-8-15(9-7-14)17(2,3)4/h6-11,18H,5,12H2,1-4H3. The lowest BCUT2D eigenvalue weighted by molar-refractivity contribution is 0.590. The summed E-state index contributed by atoms with van der Waals surface area (Å²) in [7, 11) is 0. The molecule has 0 aliphatic carbocycles. The summed E-state index contributed by atoms with van der Waals surface area (Å²) in [6.45, 7) is 9.86. The molecule has 1 aliphatic rings. The monoisotopic (exact) mass is 241 g/mol. The molecule has 0 fully saturated rings. The van der Waals surface area contributed by atoms with Crippen LogP contribution in [0.3, 0.4) is 0 Å². The molecule has 1 heteroatoms. The Hall–Kier alpha value is -1.50. The van der Waals surface area contributed by atoms with Crippen LogP contribution in [-0.4, -0.2) is 6.54 Å². The fourth-order valence-electron chi connectivity index (χ4n) is 2.12. The van der Waals surface area contributed by atoms with Crippen LogP contribution in [0, 0.1) is 0 Å². The Bertz CT molecular complexity index is 469. The molecule has 0 unspecified atom stereocenters. The van der Waals surface area contributed by atoms with E-state index in [9.17, 15) is 0 Å². The van der Waals surface area contributed by atoms with E-state index in [1.807, 2.05) is 0 Å². The average Bonchev–Trinajstić information content (AvgIpc) is 2.53. The molecule has 0 radical (unpaired) electrons. The van der Waals surface area contributed by atoms with E-state index in [2.05, 4.69) is 69.4 Å². The van der Waals surface area contributed by atoms with Crippen molar-refractivity contribution < 1.29 is 0 Å². The molecule has 0 atom stereocenters. The van der Waals surface area contributed by atoms with Crippen LogP contribution in [-0.2, 0) is 5.41 Å². The van der Waals surface area contributed by atoms with Crippen molar-refractivity contribution >= 4 is 5.70 Å². The lowest BCUT2D eigenvalue weighted by Gasteiger charge is -2.19. The molecule has 1 heterocycles. The zero-order valence-corrected chi connectivity index (χ0v) is 11.9. The zero-order chi connectivity index (χ0) is 13.2. The van der Waals surface area contributed by atoms with Gasteiger partial charge in [-0.15, -0.1) is 0 Å². The van der Waals surface area contributed by atoms with E-state index in [1.54, 1.807) is 0 Å². The fourth-order valence-corrected chi connectivity index (χ4v) is 2.12. The molecule has 18 heavy (non-hydrogen) atoms. The van der Waals surface area contributed by atoms with Gasteiger partial charge in [0.15, 0.2) is 0 Å². The minimum absolute atomic E-state index is 0.224. The molecule has 2 rings (SSSR count). The van der Waals surface area contributed by atoms with Crippen LogP contribution in [0.15, 0.2) is 42.0 Å². The predicted octanol–water partition coefficient (Wildman–Crippen LogP) is 4.26. The number of nitrogens with one attached hydrogen (secondary N) is 1. The predicted molar refractivity (Wildman–Crippen MR) is 79.5 cm³/mol. The summed E-state index contributed by atoms with van der Waals surface area (Å²) in [5.74, 6) is 0. The van der Waals surface area contributed by atoms with E-state index in [1.165, 1.54) is 22.4 Å². The van der Waals surface area contributed by atoms with Crippen LogP contribution in [0.25, 0.3) is 5.70 Å². The second-order valence-electron chi connectivity index (χ2n) is 6.08. The van der Waals surface area contributed by atoms with Gasteiger partial charge in [0.25, 0.3) is 0 Å². The lowest BCUT2D eigenvalue weighted by atomic mass is 9.86. The Morgan fingerprint density at radius 2 is 1.67 bits per heavy atom. The van der Waals surface area contributed by atoms with Crippen molar-refractivity contribution in [2.75, 3.05) is 6.54 Å². The third-order valence-corrected chi connectivity index (χ3v) is 3.43. The smallest absolute Gasteiger partial charge is 0.0378 e.